The quantitative estimate of drug-likeness (QED) is 0.669. The van der Waals surface area contributed by atoms with Crippen molar-refractivity contribution in [2.45, 2.75) is 96.4 Å². The Morgan fingerprint density at radius 3 is 2.30 bits per heavy atom. The van der Waals surface area contributed by atoms with E-state index in [-0.39, 0.29) is 17.2 Å². The first-order valence-electron chi connectivity index (χ1n) is 11.7. The van der Waals surface area contributed by atoms with Crippen LogP contribution in [-0.2, 0) is 9.59 Å². The van der Waals surface area contributed by atoms with Gasteiger partial charge in [-0.3, -0.25) is 9.59 Å². The SMILES string of the molecule is CCCCC1CCCC1NC(=O)CCNC(=O)C12CC3CC(CC(C3)C1)C2. The van der Waals surface area contributed by atoms with Gasteiger partial charge in [0.15, 0.2) is 0 Å². The molecular weight excluding hydrogens is 336 g/mol. The smallest absolute Gasteiger partial charge is 0.226 e. The second-order valence-electron chi connectivity index (χ2n) is 10.2. The Balaban J connectivity index is 1.20. The molecule has 0 aliphatic heterocycles. The van der Waals surface area contributed by atoms with Gasteiger partial charge in [-0.1, -0.05) is 26.2 Å². The van der Waals surface area contributed by atoms with E-state index >= 15 is 0 Å². The summed E-state index contributed by atoms with van der Waals surface area (Å²) in [5.74, 6) is 3.38. The van der Waals surface area contributed by atoms with Gasteiger partial charge in [-0.25, -0.2) is 0 Å². The van der Waals surface area contributed by atoms with Crippen molar-refractivity contribution in [2.24, 2.45) is 29.1 Å². The summed E-state index contributed by atoms with van der Waals surface area (Å²) in [5.41, 5.74) is -0.0953. The third-order valence-electron chi connectivity index (χ3n) is 8.09. The van der Waals surface area contributed by atoms with Crippen LogP contribution >= 0.6 is 0 Å². The monoisotopic (exact) mass is 374 g/mol. The number of hydrogen-bond donors (Lipinski definition) is 2. The Morgan fingerprint density at radius 1 is 1.00 bits per heavy atom. The standard InChI is InChI=1S/C23H38N2O2/c1-2-3-5-19-6-4-7-20(19)25-21(26)8-9-24-22(27)23-13-16-10-17(14-23)12-18(11-16)15-23/h16-20H,2-15H2,1H3,(H,24,27)(H,25,26). The minimum atomic E-state index is -0.0953. The van der Waals surface area contributed by atoms with Crippen molar-refractivity contribution in [3.63, 3.8) is 0 Å². The lowest BCUT2D eigenvalue weighted by molar-refractivity contribution is -0.146. The Bertz CT molecular complexity index is 523. The third kappa shape index (κ3) is 4.19. The molecule has 5 aliphatic carbocycles. The Labute approximate surface area is 164 Å². The van der Waals surface area contributed by atoms with Gasteiger partial charge in [0.05, 0.1) is 0 Å². The molecule has 0 saturated heterocycles. The van der Waals surface area contributed by atoms with Gasteiger partial charge in [0.2, 0.25) is 11.8 Å². The van der Waals surface area contributed by atoms with Crippen molar-refractivity contribution < 1.29 is 9.59 Å². The number of carbonyl (C=O) groups excluding carboxylic acids is 2. The van der Waals surface area contributed by atoms with E-state index in [2.05, 4.69) is 17.6 Å². The molecule has 2 unspecified atom stereocenters. The predicted octanol–water partition coefficient (Wildman–Crippen LogP) is 4.18. The number of nitrogens with one attached hydrogen (secondary N) is 2. The number of carbonyl (C=O) groups is 2. The van der Waals surface area contributed by atoms with Gasteiger partial charge in [-0.05, 0) is 81.5 Å². The van der Waals surface area contributed by atoms with Crippen molar-refractivity contribution in [1.29, 1.82) is 0 Å². The molecule has 2 amide bonds. The summed E-state index contributed by atoms with van der Waals surface area (Å²) in [6.07, 6.45) is 15.1. The molecule has 0 aromatic rings. The summed E-state index contributed by atoms with van der Waals surface area (Å²) in [6, 6.07) is 0.364. The normalized spacial score (nSPS) is 39.5. The fraction of sp³-hybridized carbons (Fsp3) is 0.913. The Morgan fingerprint density at radius 2 is 1.67 bits per heavy atom. The van der Waals surface area contributed by atoms with E-state index in [1.54, 1.807) is 0 Å². The van der Waals surface area contributed by atoms with E-state index in [0.29, 0.717) is 24.9 Å². The summed E-state index contributed by atoms with van der Waals surface area (Å²) in [6.45, 7) is 2.73. The lowest BCUT2D eigenvalue weighted by Gasteiger charge is -2.55. The molecule has 4 heteroatoms. The van der Waals surface area contributed by atoms with Crippen LogP contribution in [0.5, 0.6) is 0 Å². The van der Waals surface area contributed by atoms with Gasteiger partial charge in [0, 0.05) is 24.4 Å². The average molecular weight is 375 g/mol. The Kier molecular flexibility index (Phi) is 5.80. The molecule has 5 aliphatic rings. The molecule has 27 heavy (non-hydrogen) atoms. The van der Waals surface area contributed by atoms with Crippen LogP contribution in [0, 0.1) is 29.1 Å². The second-order valence-corrected chi connectivity index (χ2v) is 10.2. The van der Waals surface area contributed by atoms with Gasteiger partial charge in [0.25, 0.3) is 0 Å². The fourth-order valence-electron chi connectivity index (χ4n) is 7.18. The number of unbranched alkanes of at least 4 members (excludes halogenated alkanes) is 1. The van der Waals surface area contributed by atoms with Crippen molar-refractivity contribution in [2.75, 3.05) is 6.54 Å². The Hall–Kier alpha value is -1.06. The molecule has 0 spiro atoms. The molecule has 5 fully saturated rings. The zero-order valence-corrected chi connectivity index (χ0v) is 17.1. The van der Waals surface area contributed by atoms with Crippen molar-refractivity contribution in [3.05, 3.63) is 0 Å². The largest absolute Gasteiger partial charge is 0.355 e. The van der Waals surface area contributed by atoms with Crippen LogP contribution in [0.15, 0.2) is 0 Å². The molecule has 0 aromatic heterocycles. The van der Waals surface area contributed by atoms with Gasteiger partial charge in [-0.2, -0.15) is 0 Å². The van der Waals surface area contributed by atoms with Crippen LogP contribution in [-0.4, -0.2) is 24.4 Å². The fourth-order valence-corrected chi connectivity index (χ4v) is 7.18. The van der Waals surface area contributed by atoms with Gasteiger partial charge in [0.1, 0.15) is 0 Å². The van der Waals surface area contributed by atoms with E-state index in [4.69, 9.17) is 0 Å². The summed E-state index contributed by atoms with van der Waals surface area (Å²) in [5, 5.41) is 6.40. The van der Waals surface area contributed by atoms with Gasteiger partial charge < -0.3 is 10.6 Å². The second kappa shape index (κ2) is 8.13. The van der Waals surface area contributed by atoms with Crippen molar-refractivity contribution >= 4 is 11.8 Å². The molecule has 152 valence electrons. The van der Waals surface area contributed by atoms with E-state index in [9.17, 15) is 9.59 Å². The maximum Gasteiger partial charge on any atom is 0.226 e. The zero-order valence-electron chi connectivity index (χ0n) is 17.1. The zero-order chi connectivity index (χ0) is 18.9. The maximum atomic E-state index is 13.0. The van der Waals surface area contributed by atoms with Gasteiger partial charge >= 0.3 is 0 Å². The van der Waals surface area contributed by atoms with Gasteiger partial charge in [-0.15, -0.1) is 0 Å². The number of hydrogen-bond acceptors (Lipinski definition) is 2. The highest BCUT2D eigenvalue weighted by Crippen LogP contribution is 2.60. The molecule has 0 radical (unpaired) electrons. The summed E-state index contributed by atoms with van der Waals surface area (Å²) >= 11 is 0. The molecule has 4 nitrogen and oxygen atoms in total. The first kappa shape index (κ1) is 19.3. The molecule has 5 rings (SSSR count). The van der Waals surface area contributed by atoms with Crippen LogP contribution in [0.3, 0.4) is 0 Å². The summed E-state index contributed by atoms with van der Waals surface area (Å²) in [7, 11) is 0. The molecule has 0 heterocycles. The topological polar surface area (TPSA) is 58.2 Å². The van der Waals surface area contributed by atoms with E-state index in [0.717, 1.165) is 43.4 Å². The minimum Gasteiger partial charge on any atom is -0.355 e. The van der Waals surface area contributed by atoms with Crippen molar-refractivity contribution in [1.82, 2.24) is 10.6 Å². The lowest BCUT2D eigenvalue weighted by Crippen LogP contribution is -2.53. The molecular formula is C23H38N2O2. The first-order valence-corrected chi connectivity index (χ1v) is 11.7. The highest BCUT2D eigenvalue weighted by molar-refractivity contribution is 5.84. The maximum absolute atomic E-state index is 13.0. The highest BCUT2D eigenvalue weighted by atomic mass is 16.2. The van der Waals surface area contributed by atoms with Crippen LogP contribution in [0.25, 0.3) is 0 Å². The molecule has 4 bridgehead atoms. The van der Waals surface area contributed by atoms with E-state index < -0.39 is 0 Å². The highest BCUT2D eigenvalue weighted by Gasteiger charge is 2.54. The van der Waals surface area contributed by atoms with Crippen LogP contribution in [0.4, 0.5) is 0 Å². The summed E-state index contributed by atoms with van der Waals surface area (Å²) < 4.78 is 0. The predicted molar refractivity (Wildman–Crippen MR) is 107 cm³/mol. The lowest BCUT2D eigenvalue weighted by atomic mass is 9.49. The van der Waals surface area contributed by atoms with Crippen LogP contribution in [0.1, 0.15) is 90.4 Å². The first-order chi connectivity index (χ1) is 13.1. The third-order valence-corrected chi connectivity index (χ3v) is 8.09. The van der Waals surface area contributed by atoms with E-state index in [1.807, 2.05) is 0 Å². The minimum absolute atomic E-state index is 0.0953. The number of rotatable bonds is 8. The van der Waals surface area contributed by atoms with Crippen LogP contribution in [0.2, 0.25) is 0 Å². The van der Waals surface area contributed by atoms with Crippen LogP contribution < -0.4 is 10.6 Å². The molecule has 5 saturated carbocycles. The average Bonchev–Trinajstić information content (AvgIpc) is 3.05. The molecule has 2 atom stereocenters. The molecule has 2 N–H and O–H groups in total. The summed E-state index contributed by atoms with van der Waals surface area (Å²) in [4.78, 5) is 25.3. The number of amides is 2. The van der Waals surface area contributed by atoms with E-state index in [1.165, 1.54) is 51.4 Å². The van der Waals surface area contributed by atoms with Crippen molar-refractivity contribution in [3.8, 4) is 0 Å². The molecule has 0 aromatic carbocycles.